The molecule has 0 aliphatic carbocycles. The summed E-state index contributed by atoms with van der Waals surface area (Å²) in [4.78, 5) is 10.6. The maximum absolute atomic E-state index is 11.0. The van der Waals surface area contributed by atoms with Crippen LogP contribution in [0.15, 0.2) is 18.2 Å². The van der Waals surface area contributed by atoms with Crippen molar-refractivity contribution in [2.45, 2.75) is 39.8 Å². The molecule has 1 unspecified atom stereocenters. The number of nitrogens with zero attached hydrogens (tertiary/aromatic N) is 1. The lowest BCUT2D eigenvalue weighted by atomic mass is 9.85. The quantitative estimate of drug-likeness (QED) is 0.625. The predicted molar refractivity (Wildman–Crippen MR) is 79.9 cm³/mol. The summed E-state index contributed by atoms with van der Waals surface area (Å²) in [6.45, 7) is 6.65. The zero-order valence-electron chi connectivity index (χ0n) is 12.0. The largest absolute Gasteiger partial charge is 0.396 e. The molecule has 1 atom stereocenters. The summed E-state index contributed by atoms with van der Waals surface area (Å²) in [6, 6.07) is 4.73. The van der Waals surface area contributed by atoms with E-state index in [1.807, 2.05) is 0 Å². The maximum atomic E-state index is 11.0. The first-order valence-corrected chi connectivity index (χ1v) is 6.90. The van der Waals surface area contributed by atoms with Crippen molar-refractivity contribution >= 4 is 17.3 Å². The van der Waals surface area contributed by atoms with E-state index in [1.165, 1.54) is 6.07 Å². The Morgan fingerprint density at radius 3 is 2.60 bits per heavy atom. The van der Waals surface area contributed by atoms with E-state index in [0.29, 0.717) is 23.6 Å². The van der Waals surface area contributed by atoms with Crippen molar-refractivity contribution < 1.29 is 10.0 Å². The molecule has 1 aromatic rings. The maximum Gasteiger partial charge on any atom is 0.275 e. The second-order valence-electron chi connectivity index (χ2n) is 5.84. The molecule has 6 heteroatoms. The van der Waals surface area contributed by atoms with E-state index < -0.39 is 4.92 Å². The Bertz CT molecular complexity index is 472. The first-order valence-electron chi connectivity index (χ1n) is 6.52. The zero-order chi connectivity index (χ0) is 15.3. The molecule has 0 radical (unpaired) electrons. The SMILES string of the molecule is CC(C)(C)C(CCO)NCc1ccc(Cl)cc1[N+](=O)[O-]. The van der Waals surface area contributed by atoms with Crippen LogP contribution in [0.4, 0.5) is 5.69 Å². The highest BCUT2D eigenvalue weighted by molar-refractivity contribution is 6.30. The molecule has 0 bridgehead atoms. The lowest BCUT2D eigenvalue weighted by Crippen LogP contribution is -2.40. The summed E-state index contributed by atoms with van der Waals surface area (Å²) >= 11 is 5.79. The second kappa shape index (κ2) is 7.02. The minimum absolute atomic E-state index is 0.0154. The number of hydrogen-bond acceptors (Lipinski definition) is 4. The van der Waals surface area contributed by atoms with Gasteiger partial charge < -0.3 is 10.4 Å². The molecule has 0 aliphatic heterocycles. The van der Waals surface area contributed by atoms with Crippen LogP contribution in [0.1, 0.15) is 32.8 Å². The van der Waals surface area contributed by atoms with Crippen LogP contribution in [0.25, 0.3) is 0 Å². The van der Waals surface area contributed by atoms with Gasteiger partial charge in [-0.25, -0.2) is 0 Å². The van der Waals surface area contributed by atoms with Crippen molar-refractivity contribution in [3.63, 3.8) is 0 Å². The molecule has 0 aromatic heterocycles. The van der Waals surface area contributed by atoms with Gasteiger partial charge in [-0.1, -0.05) is 32.4 Å². The average Bonchev–Trinajstić information content (AvgIpc) is 2.34. The zero-order valence-corrected chi connectivity index (χ0v) is 12.8. The van der Waals surface area contributed by atoms with Crippen LogP contribution in [0.2, 0.25) is 5.02 Å². The van der Waals surface area contributed by atoms with Crippen LogP contribution in [-0.4, -0.2) is 22.7 Å². The van der Waals surface area contributed by atoms with E-state index in [0.717, 1.165) is 0 Å². The normalized spacial score (nSPS) is 13.2. The summed E-state index contributed by atoms with van der Waals surface area (Å²) in [5.74, 6) is 0. The Labute approximate surface area is 124 Å². The number of nitro benzene ring substituents is 1. The molecule has 0 spiro atoms. The highest BCUT2D eigenvalue weighted by atomic mass is 35.5. The molecule has 0 heterocycles. The van der Waals surface area contributed by atoms with E-state index in [4.69, 9.17) is 16.7 Å². The van der Waals surface area contributed by atoms with Gasteiger partial charge in [-0.2, -0.15) is 0 Å². The third-order valence-corrected chi connectivity index (χ3v) is 3.48. The molecule has 0 saturated carbocycles. The van der Waals surface area contributed by atoms with Gasteiger partial charge in [0.15, 0.2) is 0 Å². The Morgan fingerprint density at radius 2 is 2.10 bits per heavy atom. The molecule has 112 valence electrons. The van der Waals surface area contributed by atoms with Crippen LogP contribution in [0.5, 0.6) is 0 Å². The molecular weight excluding hydrogens is 280 g/mol. The van der Waals surface area contributed by atoms with E-state index >= 15 is 0 Å². The summed E-state index contributed by atoms with van der Waals surface area (Å²) < 4.78 is 0. The highest BCUT2D eigenvalue weighted by Crippen LogP contribution is 2.25. The van der Waals surface area contributed by atoms with Crippen LogP contribution < -0.4 is 5.32 Å². The first-order chi connectivity index (χ1) is 9.25. The highest BCUT2D eigenvalue weighted by Gasteiger charge is 2.24. The molecule has 0 amide bonds. The van der Waals surface area contributed by atoms with Gasteiger partial charge in [0.1, 0.15) is 0 Å². The van der Waals surface area contributed by atoms with Crippen molar-refractivity contribution in [1.82, 2.24) is 5.32 Å². The van der Waals surface area contributed by atoms with Crippen molar-refractivity contribution in [1.29, 1.82) is 0 Å². The summed E-state index contributed by atoms with van der Waals surface area (Å²) in [5, 5.41) is 23.8. The van der Waals surface area contributed by atoms with E-state index in [2.05, 4.69) is 26.1 Å². The van der Waals surface area contributed by atoms with E-state index in [9.17, 15) is 10.1 Å². The minimum atomic E-state index is -0.430. The smallest absolute Gasteiger partial charge is 0.275 e. The third-order valence-electron chi connectivity index (χ3n) is 3.25. The summed E-state index contributed by atoms with van der Waals surface area (Å²) in [7, 11) is 0. The molecule has 0 saturated heterocycles. The molecule has 5 nitrogen and oxygen atoms in total. The van der Waals surface area contributed by atoms with Gasteiger partial charge in [0, 0.05) is 35.8 Å². The van der Waals surface area contributed by atoms with Crippen molar-refractivity contribution in [3.8, 4) is 0 Å². The lowest BCUT2D eigenvalue weighted by Gasteiger charge is -2.31. The summed E-state index contributed by atoms with van der Waals surface area (Å²) in [6.07, 6.45) is 0.602. The molecule has 1 rings (SSSR count). The second-order valence-corrected chi connectivity index (χ2v) is 6.28. The molecule has 20 heavy (non-hydrogen) atoms. The van der Waals surface area contributed by atoms with Gasteiger partial charge in [0.2, 0.25) is 0 Å². The number of rotatable bonds is 6. The van der Waals surface area contributed by atoms with Crippen LogP contribution >= 0.6 is 11.6 Å². The van der Waals surface area contributed by atoms with Gasteiger partial charge in [-0.15, -0.1) is 0 Å². The van der Waals surface area contributed by atoms with Gasteiger partial charge in [0.25, 0.3) is 5.69 Å². The van der Waals surface area contributed by atoms with Crippen molar-refractivity contribution in [2.24, 2.45) is 5.41 Å². The summed E-state index contributed by atoms with van der Waals surface area (Å²) in [5.41, 5.74) is 0.567. The number of benzene rings is 1. The predicted octanol–water partition coefficient (Wildman–Crippen LogP) is 3.13. The van der Waals surface area contributed by atoms with Gasteiger partial charge in [-0.3, -0.25) is 10.1 Å². The molecular formula is C14H21ClN2O3. The Balaban J connectivity index is 2.85. The van der Waals surface area contributed by atoms with Crippen LogP contribution in [0.3, 0.4) is 0 Å². The van der Waals surface area contributed by atoms with E-state index in [1.54, 1.807) is 12.1 Å². The van der Waals surface area contributed by atoms with Gasteiger partial charge in [0.05, 0.1) is 4.92 Å². The number of aliphatic hydroxyl groups excluding tert-OH is 1. The molecule has 1 aromatic carbocycles. The number of nitrogens with one attached hydrogen (secondary N) is 1. The third kappa shape index (κ3) is 4.74. The Hall–Kier alpha value is -1.17. The fourth-order valence-corrected chi connectivity index (χ4v) is 2.23. The number of nitro groups is 1. The standard InChI is InChI=1S/C14H21ClN2O3/c1-14(2,3)13(6-7-18)16-9-10-4-5-11(15)8-12(10)17(19)20/h4-5,8,13,16,18H,6-7,9H2,1-3H3. The average molecular weight is 301 g/mol. The van der Waals surface area contributed by atoms with Crippen LogP contribution in [-0.2, 0) is 6.54 Å². The van der Waals surface area contributed by atoms with E-state index in [-0.39, 0.29) is 23.8 Å². The number of aliphatic hydroxyl groups is 1. The minimum Gasteiger partial charge on any atom is -0.396 e. The molecule has 2 N–H and O–H groups in total. The lowest BCUT2D eigenvalue weighted by molar-refractivity contribution is -0.385. The number of hydrogen-bond donors (Lipinski definition) is 2. The Kier molecular flexibility index (Phi) is 5.92. The van der Waals surface area contributed by atoms with Crippen LogP contribution in [0, 0.1) is 15.5 Å². The van der Waals surface area contributed by atoms with Gasteiger partial charge in [-0.05, 0) is 24.0 Å². The fourth-order valence-electron chi connectivity index (χ4n) is 2.06. The Morgan fingerprint density at radius 1 is 1.45 bits per heavy atom. The fraction of sp³-hybridized carbons (Fsp3) is 0.571. The number of halogens is 1. The monoisotopic (exact) mass is 300 g/mol. The topological polar surface area (TPSA) is 75.4 Å². The molecule has 0 fully saturated rings. The van der Waals surface area contributed by atoms with Gasteiger partial charge >= 0.3 is 0 Å². The molecule has 0 aliphatic rings. The first kappa shape index (κ1) is 16.9. The van der Waals surface area contributed by atoms with Crippen molar-refractivity contribution in [2.75, 3.05) is 6.61 Å². The van der Waals surface area contributed by atoms with Crippen molar-refractivity contribution in [3.05, 3.63) is 38.9 Å².